The van der Waals surface area contributed by atoms with Crippen molar-refractivity contribution in [2.75, 3.05) is 6.54 Å². The van der Waals surface area contributed by atoms with Crippen LogP contribution in [0.4, 0.5) is 0 Å². The van der Waals surface area contributed by atoms with Crippen LogP contribution in [0.3, 0.4) is 0 Å². The third-order valence-electron chi connectivity index (χ3n) is 2.87. The van der Waals surface area contributed by atoms with Crippen molar-refractivity contribution in [1.82, 2.24) is 5.32 Å². The lowest BCUT2D eigenvalue weighted by Gasteiger charge is -2.27. The van der Waals surface area contributed by atoms with Crippen LogP contribution in [0.5, 0.6) is 0 Å². The quantitative estimate of drug-likeness (QED) is 0.621. The number of aliphatic hydroxyl groups excluding tert-OH is 1. The van der Waals surface area contributed by atoms with E-state index in [9.17, 15) is 5.11 Å². The predicted octanol–water partition coefficient (Wildman–Crippen LogP) is 0.899. The first-order valence-corrected chi connectivity index (χ1v) is 4.79. The Kier molecular flexibility index (Phi) is 2.14. The second-order valence-electron chi connectivity index (χ2n) is 3.88. The van der Waals surface area contributed by atoms with Gasteiger partial charge in [-0.1, -0.05) is 6.42 Å². The summed E-state index contributed by atoms with van der Waals surface area (Å²) in [5, 5.41) is 13.1. The van der Waals surface area contributed by atoms with Gasteiger partial charge in [-0.3, -0.25) is 0 Å². The molecule has 1 heterocycles. The number of piperidine rings is 1. The van der Waals surface area contributed by atoms with Crippen LogP contribution in [0.1, 0.15) is 32.1 Å². The molecule has 2 aliphatic rings. The normalized spacial score (nSPS) is 35.2. The molecule has 1 saturated carbocycles. The molecule has 0 bridgehead atoms. The van der Waals surface area contributed by atoms with Gasteiger partial charge in [0.2, 0.25) is 0 Å². The zero-order valence-corrected chi connectivity index (χ0v) is 6.92. The maximum atomic E-state index is 9.75. The molecule has 0 amide bonds. The van der Waals surface area contributed by atoms with Gasteiger partial charge in [0.1, 0.15) is 0 Å². The number of rotatable bonds is 2. The zero-order valence-electron chi connectivity index (χ0n) is 6.92. The fraction of sp³-hybridized carbons (Fsp3) is 1.00. The highest BCUT2D eigenvalue weighted by atomic mass is 16.3. The molecule has 2 nitrogen and oxygen atoms in total. The van der Waals surface area contributed by atoms with Gasteiger partial charge < -0.3 is 10.4 Å². The van der Waals surface area contributed by atoms with Crippen molar-refractivity contribution in [2.45, 2.75) is 44.2 Å². The molecule has 11 heavy (non-hydrogen) atoms. The lowest BCUT2D eigenvalue weighted by molar-refractivity contribution is 0.0931. The van der Waals surface area contributed by atoms with Gasteiger partial charge in [-0.25, -0.2) is 0 Å². The average Bonchev–Trinajstić information content (AvgIpc) is 2.87. The Bertz CT molecular complexity index is 128. The molecule has 0 aromatic rings. The summed E-state index contributed by atoms with van der Waals surface area (Å²) in [6.07, 6.45) is 6.21. The molecule has 0 aromatic heterocycles. The van der Waals surface area contributed by atoms with Crippen LogP contribution < -0.4 is 5.32 Å². The molecule has 0 aromatic carbocycles. The first kappa shape index (κ1) is 7.56. The number of aliphatic hydroxyl groups is 1. The lowest BCUT2D eigenvalue weighted by Crippen LogP contribution is -2.44. The highest BCUT2D eigenvalue weighted by molar-refractivity contribution is 4.90. The van der Waals surface area contributed by atoms with Crippen molar-refractivity contribution in [3.8, 4) is 0 Å². The Morgan fingerprint density at radius 3 is 2.55 bits per heavy atom. The largest absolute Gasteiger partial charge is 0.391 e. The molecular weight excluding hydrogens is 138 g/mol. The van der Waals surface area contributed by atoms with E-state index in [1.807, 2.05) is 0 Å². The summed E-state index contributed by atoms with van der Waals surface area (Å²) in [4.78, 5) is 0. The Labute approximate surface area is 68.0 Å². The summed E-state index contributed by atoms with van der Waals surface area (Å²) in [5.74, 6) is 0.630. The first-order valence-electron chi connectivity index (χ1n) is 4.79. The van der Waals surface area contributed by atoms with Crippen molar-refractivity contribution in [3.63, 3.8) is 0 Å². The molecule has 0 spiro atoms. The number of hydrogen-bond acceptors (Lipinski definition) is 2. The fourth-order valence-corrected chi connectivity index (χ4v) is 1.94. The van der Waals surface area contributed by atoms with Gasteiger partial charge in [0.15, 0.2) is 0 Å². The Balaban J connectivity index is 1.81. The smallest absolute Gasteiger partial charge is 0.0721 e. The summed E-state index contributed by atoms with van der Waals surface area (Å²) in [6, 6.07) is 0.413. The van der Waals surface area contributed by atoms with Crippen molar-refractivity contribution in [3.05, 3.63) is 0 Å². The van der Waals surface area contributed by atoms with Crippen molar-refractivity contribution in [2.24, 2.45) is 5.92 Å². The van der Waals surface area contributed by atoms with E-state index < -0.39 is 0 Å². The zero-order chi connectivity index (χ0) is 7.68. The summed E-state index contributed by atoms with van der Waals surface area (Å²) < 4.78 is 0. The van der Waals surface area contributed by atoms with Crippen LogP contribution in [0.25, 0.3) is 0 Å². The molecule has 2 N–H and O–H groups in total. The molecule has 2 rings (SSSR count). The van der Waals surface area contributed by atoms with E-state index in [0.29, 0.717) is 12.0 Å². The maximum Gasteiger partial charge on any atom is 0.0721 e. The third kappa shape index (κ3) is 1.74. The van der Waals surface area contributed by atoms with Crippen LogP contribution in [-0.2, 0) is 0 Å². The van der Waals surface area contributed by atoms with E-state index in [1.54, 1.807) is 0 Å². The highest BCUT2D eigenvalue weighted by Gasteiger charge is 2.35. The second kappa shape index (κ2) is 3.11. The molecule has 2 fully saturated rings. The molecule has 0 unspecified atom stereocenters. The number of nitrogens with one attached hydrogen (secondary N) is 1. The van der Waals surface area contributed by atoms with E-state index in [0.717, 1.165) is 6.54 Å². The summed E-state index contributed by atoms with van der Waals surface area (Å²) in [7, 11) is 0. The minimum absolute atomic E-state index is 0.0460. The van der Waals surface area contributed by atoms with Crippen molar-refractivity contribution in [1.29, 1.82) is 0 Å². The summed E-state index contributed by atoms with van der Waals surface area (Å²) in [6.45, 7) is 1.11. The fourth-order valence-electron chi connectivity index (χ4n) is 1.94. The minimum Gasteiger partial charge on any atom is -0.391 e. The topological polar surface area (TPSA) is 32.3 Å². The van der Waals surface area contributed by atoms with Gasteiger partial charge in [0, 0.05) is 6.04 Å². The minimum atomic E-state index is -0.0460. The van der Waals surface area contributed by atoms with Crippen LogP contribution in [0.15, 0.2) is 0 Å². The Morgan fingerprint density at radius 1 is 1.18 bits per heavy atom. The SMILES string of the molecule is O[C@@H](C1CC1)[C@@H]1CCCCN1. The molecule has 1 aliphatic carbocycles. The van der Waals surface area contributed by atoms with Gasteiger partial charge in [-0.15, -0.1) is 0 Å². The van der Waals surface area contributed by atoms with Crippen molar-refractivity contribution >= 4 is 0 Å². The molecular formula is C9H17NO. The van der Waals surface area contributed by atoms with E-state index >= 15 is 0 Å². The predicted molar refractivity (Wildman–Crippen MR) is 44.4 cm³/mol. The van der Waals surface area contributed by atoms with Crippen molar-refractivity contribution < 1.29 is 5.11 Å². The van der Waals surface area contributed by atoms with Gasteiger partial charge in [-0.2, -0.15) is 0 Å². The van der Waals surface area contributed by atoms with E-state index in [2.05, 4.69) is 5.32 Å². The lowest BCUT2D eigenvalue weighted by atomic mass is 9.97. The Morgan fingerprint density at radius 2 is 2.00 bits per heavy atom. The molecule has 64 valence electrons. The second-order valence-corrected chi connectivity index (χ2v) is 3.88. The van der Waals surface area contributed by atoms with Gasteiger partial charge >= 0.3 is 0 Å². The highest BCUT2D eigenvalue weighted by Crippen LogP contribution is 2.35. The van der Waals surface area contributed by atoms with Crippen LogP contribution >= 0.6 is 0 Å². The van der Waals surface area contributed by atoms with Crippen LogP contribution in [0, 0.1) is 5.92 Å². The molecule has 2 atom stereocenters. The van der Waals surface area contributed by atoms with Gasteiger partial charge in [-0.05, 0) is 38.1 Å². The van der Waals surface area contributed by atoms with E-state index in [4.69, 9.17) is 0 Å². The molecule has 1 aliphatic heterocycles. The summed E-state index contributed by atoms with van der Waals surface area (Å²) >= 11 is 0. The number of hydrogen-bond donors (Lipinski definition) is 2. The third-order valence-corrected chi connectivity index (χ3v) is 2.87. The Hall–Kier alpha value is -0.0800. The van der Waals surface area contributed by atoms with E-state index in [1.165, 1.54) is 32.1 Å². The first-order chi connectivity index (χ1) is 5.38. The molecule has 0 radical (unpaired) electrons. The van der Waals surface area contributed by atoms with Gasteiger partial charge in [0.25, 0.3) is 0 Å². The molecule has 2 heteroatoms. The average molecular weight is 155 g/mol. The monoisotopic (exact) mass is 155 g/mol. The standard InChI is InChI=1S/C9H17NO/c11-9(7-4-5-7)8-3-1-2-6-10-8/h7-11H,1-6H2/t8-,9-/m0/s1. The summed E-state index contributed by atoms with van der Waals surface area (Å²) in [5.41, 5.74) is 0. The molecule has 1 saturated heterocycles. The maximum absolute atomic E-state index is 9.75. The van der Waals surface area contributed by atoms with Crippen LogP contribution in [0.2, 0.25) is 0 Å². The van der Waals surface area contributed by atoms with Gasteiger partial charge in [0.05, 0.1) is 6.10 Å². The van der Waals surface area contributed by atoms with E-state index in [-0.39, 0.29) is 6.10 Å². The van der Waals surface area contributed by atoms with Crippen LogP contribution in [-0.4, -0.2) is 23.8 Å².